The lowest BCUT2D eigenvalue weighted by molar-refractivity contribution is -0.608. The summed E-state index contributed by atoms with van der Waals surface area (Å²) >= 11 is 0. The van der Waals surface area contributed by atoms with Crippen molar-refractivity contribution in [2.45, 2.75) is 12.5 Å². The second kappa shape index (κ2) is 8.87. The molecule has 1 amide bonds. The first kappa shape index (κ1) is 19.9. The second-order valence-electron chi connectivity index (χ2n) is 6.19. The Kier molecular flexibility index (Phi) is 6.08. The third-order valence-corrected chi connectivity index (χ3v) is 4.29. The van der Waals surface area contributed by atoms with Crippen LogP contribution in [0.25, 0.3) is 10.9 Å². The fourth-order valence-corrected chi connectivity index (χ4v) is 2.88. The van der Waals surface area contributed by atoms with E-state index in [1.807, 2.05) is 24.3 Å². The lowest BCUT2D eigenvalue weighted by Gasteiger charge is -2.16. The molecule has 0 bridgehead atoms. The van der Waals surface area contributed by atoms with Gasteiger partial charge in [-0.3, -0.25) is 4.79 Å². The Hall–Kier alpha value is -3.88. The Morgan fingerprint density at radius 3 is 2.69 bits per heavy atom. The fourth-order valence-electron chi connectivity index (χ4n) is 2.88. The number of nitrogens with one attached hydrogen (secondary N) is 2. The van der Waals surface area contributed by atoms with Crippen molar-refractivity contribution < 1.29 is 28.6 Å². The van der Waals surface area contributed by atoms with Crippen molar-refractivity contribution in [3.8, 4) is 0 Å². The molecule has 1 aromatic carbocycles. The summed E-state index contributed by atoms with van der Waals surface area (Å²) in [6, 6.07) is 10.8. The summed E-state index contributed by atoms with van der Waals surface area (Å²) in [6.07, 6.45) is 3.09. The molecule has 2 heterocycles. The third-order valence-electron chi connectivity index (χ3n) is 4.29. The first-order chi connectivity index (χ1) is 14.0. The molecule has 9 heteroatoms. The quantitative estimate of drug-likeness (QED) is 0.346. The van der Waals surface area contributed by atoms with Crippen LogP contribution in [0.5, 0.6) is 0 Å². The summed E-state index contributed by atoms with van der Waals surface area (Å²) in [5.41, 5.74) is 1.48. The van der Waals surface area contributed by atoms with Gasteiger partial charge in [0.2, 0.25) is 0 Å². The molecule has 0 aliphatic heterocycles. The summed E-state index contributed by atoms with van der Waals surface area (Å²) in [7, 11) is 1.22. The standard InChI is InChI=1S/C20H19N3O6/c1-28-19(25)16(10-13-11-21-15-7-3-2-6-14(13)15)22-18(24)12-29-20(26)17-8-4-5-9-23(17)27/h2-9,11,16,21H,10,12H2,1H3,(H,22,24)/t16-/m0/s1. The number of pyridine rings is 1. The molecule has 2 aromatic heterocycles. The largest absolute Gasteiger partial charge is 0.618 e. The summed E-state index contributed by atoms with van der Waals surface area (Å²) in [5.74, 6) is -2.26. The molecular formula is C20H19N3O6. The Balaban J connectivity index is 1.64. The van der Waals surface area contributed by atoms with E-state index >= 15 is 0 Å². The average Bonchev–Trinajstić information content (AvgIpc) is 3.14. The van der Waals surface area contributed by atoms with Gasteiger partial charge < -0.3 is 25.0 Å². The molecule has 2 N–H and O–H groups in total. The summed E-state index contributed by atoms with van der Waals surface area (Å²) in [5, 5.41) is 15.0. The monoisotopic (exact) mass is 397 g/mol. The molecule has 0 aliphatic carbocycles. The first-order valence-electron chi connectivity index (χ1n) is 8.77. The number of benzene rings is 1. The number of nitrogens with zero attached hydrogens (tertiary/aromatic N) is 1. The maximum Gasteiger partial charge on any atom is 0.405 e. The van der Waals surface area contributed by atoms with Gasteiger partial charge in [0.15, 0.2) is 12.8 Å². The van der Waals surface area contributed by atoms with E-state index in [0.717, 1.165) is 22.7 Å². The molecule has 0 aliphatic rings. The van der Waals surface area contributed by atoms with Gasteiger partial charge >= 0.3 is 17.6 Å². The minimum atomic E-state index is -0.966. The molecule has 0 saturated heterocycles. The zero-order valence-electron chi connectivity index (χ0n) is 15.6. The molecule has 3 aromatic rings. The zero-order valence-corrected chi connectivity index (χ0v) is 15.6. The Labute approximate surface area is 165 Å². The maximum absolute atomic E-state index is 12.2. The lowest BCUT2D eigenvalue weighted by Crippen LogP contribution is -2.45. The van der Waals surface area contributed by atoms with Crippen molar-refractivity contribution in [2.24, 2.45) is 0 Å². The number of amides is 1. The number of ether oxygens (including phenoxy) is 2. The smallest absolute Gasteiger partial charge is 0.405 e. The topological polar surface area (TPSA) is 124 Å². The van der Waals surface area contributed by atoms with E-state index in [-0.39, 0.29) is 12.1 Å². The van der Waals surface area contributed by atoms with E-state index < -0.39 is 30.5 Å². The minimum absolute atomic E-state index is 0.190. The number of methoxy groups -OCH3 is 1. The van der Waals surface area contributed by atoms with Crippen LogP contribution in [-0.2, 0) is 25.5 Å². The molecule has 0 fully saturated rings. The van der Waals surface area contributed by atoms with Crippen LogP contribution in [0.1, 0.15) is 16.1 Å². The van der Waals surface area contributed by atoms with Gasteiger partial charge in [-0.05, 0) is 17.7 Å². The van der Waals surface area contributed by atoms with E-state index in [4.69, 9.17) is 9.47 Å². The van der Waals surface area contributed by atoms with Crippen LogP contribution in [0.15, 0.2) is 54.9 Å². The molecule has 0 spiro atoms. The van der Waals surface area contributed by atoms with Gasteiger partial charge in [-0.1, -0.05) is 18.2 Å². The normalized spacial score (nSPS) is 11.6. The number of aromatic amines is 1. The molecule has 150 valence electrons. The van der Waals surface area contributed by atoms with Crippen molar-refractivity contribution in [3.63, 3.8) is 0 Å². The van der Waals surface area contributed by atoms with E-state index in [2.05, 4.69) is 10.3 Å². The van der Waals surface area contributed by atoms with Crippen LogP contribution in [0, 0.1) is 5.21 Å². The summed E-state index contributed by atoms with van der Waals surface area (Å²) < 4.78 is 9.97. The lowest BCUT2D eigenvalue weighted by atomic mass is 10.0. The molecule has 29 heavy (non-hydrogen) atoms. The number of H-pyrrole nitrogens is 1. The summed E-state index contributed by atoms with van der Waals surface area (Å²) in [6.45, 7) is -0.644. The molecular weight excluding hydrogens is 378 g/mol. The van der Waals surface area contributed by atoms with E-state index in [1.54, 1.807) is 6.20 Å². The number of para-hydroxylation sites is 1. The van der Waals surface area contributed by atoms with E-state index in [1.165, 1.54) is 25.3 Å². The molecule has 9 nitrogen and oxygen atoms in total. The van der Waals surface area contributed by atoms with Crippen LogP contribution >= 0.6 is 0 Å². The van der Waals surface area contributed by atoms with Crippen molar-refractivity contribution in [1.29, 1.82) is 0 Å². The van der Waals surface area contributed by atoms with E-state index in [9.17, 15) is 19.6 Å². The van der Waals surface area contributed by atoms with Crippen LogP contribution in [0.4, 0.5) is 0 Å². The van der Waals surface area contributed by atoms with E-state index in [0.29, 0.717) is 4.73 Å². The number of carbonyl (C=O) groups excluding carboxylic acids is 3. The van der Waals surface area contributed by atoms with Crippen LogP contribution in [-0.4, -0.2) is 42.6 Å². The van der Waals surface area contributed by atoms with Crippen LogP contribution in [0.2, 0.25) is 0 Å². The predicted octanol–water partition coefficient (Wildman–Crippen LogP) is 0.859. The molecule has 3 rings (SSSR count). The van der Waals surface area contributed by atoms with Crippen molar-refractivity contribution in [3.05, 3.63) is 71.3 Å². The third kappa shape index (κ3) is 4.70. The number of esters is 2. The highest BCUT2D eigenvalue weighted by molar-refractivity contribution is 5.90. The van der Waals surface area contributed by atoms with Gasteiger partial charge in [-0.2, -0.15) is 4.73 Å². The summed E-state index contributed by atoms with van der Waals surface area (Å²) in [4.78, 5) is 39.3. The van der Waals surface area contributed by atoms with Gasteiger partial charge in [0.1, 0.15) is 6.04 Å². The number of carbonyl (C=O) groups is 3. The minimum Gasteiger partial charge on any atom is -0.618 e. The zero-order chi connectivity index (χ0) is 20.8. The number of rotatable bonds is 7. The van der Waals surface area contributed by atoms with Crippen LogP contribution in [0.3, 0.4) is 0 Å². The molecule has 0 radical (unpaired) electrons. The fraction of sp³-hybridized carbons (Fsp3) is 0.200. The maximum atomic E-state index is 12.2. The number of fused-ring (bicyclic) bond motifs is 1. The molecule has 1 atom stereocenters. The van der Waals surface area contributed by atoms with Crippen molar-refractivity contribution in [1.82, 2.24) is 10.3 Å². The second-order valence-corrected chi connectivity index (χ2v) is 6.19. The van der Waals surface area contributed by atoms with Gasteiger partial charge in [-0.25, -0.2) is 9.59 Å². The first-order valence-corrected chi connectivity index (χ1v) is 8.77. The van der Waals surface area contributed by atoms with Crippen molar-refractivity contribution >= 4 is 28.7 Å². The molecule has 0 unspecified atom stereocenters. The average molecular weight is 397 g/mol. The molecule has 0 saturated carbocycles. The highest BCUT2D eigenvalue weighted by Gasteiger charge is 2.25. The number of hydrogen-bond donors (Lipinski definition) is 2. The van der Waals surface area contributed by atoms with Crippen LogP contribution < -0.4 is 10.0 Å². The number of hydrogen-bond acceptors (Lipinski definition) is 6. The van der Waals surface area contributed by atoms with Gasteiger partial charge in [0.05, 0.1) is 7.11 Å². The Morgan fingerprint density at radius 2 is 1.93 bits per heavy atom. The Morgan fingerprint density at radius 1 is 1.17 bits per heavy atom. The van der Waals surface area contributed by atoms with Gasteiger partial charge in [-0.15, -0.1) is 0 Å². The Bertz CT molecular complexity index is 1050. The predicted molar refractivity (Wildman–Crippen MR) is 102 cm³/mol. The number of aromatic nitrogens is 2. The van der Waals surface area contributed by atoms with Gasteiger partial charge in [0.25, 0.3) is 5.91 Å². The SMILES string of the molecule is COC(=O)[C@H](Cc1c[nH]c2ccccc12)NC(=O)COC(=O)c1cccc[n+]1[O-]. The highest BCUT2D eigenvalue weighted by atomic mass is 16.5. The van der Waals surface area contributed by atoms with Crippen molar-refractivity contribution in [2.75, 3.05) is 13.7 Å². The highest BCUT2D eigenvalue weighted by Crippen LogP contribution is 2.19. The van der Waals surface area contributed by atoms with Gasteiger partial charge in [0, 0.05) is 35.7 Å².